The summed E-state index contributed by atoms with van der Waals surface area (Å²) in [6.45, 7) is 1.79. The Bertz CT molecular complexity index is 1320. The molecule has 2 aliphatic rings. The Morgan fingerprint density at radius 1 is 0.763 bits per heavy atom. The van der Waals surface area contributed by atoms with Gasteiger partial charge in [0.1, 0.15) is 0 Å². The summed E-state index contributed by atoms with van der Waals surface area (Å²) in [5.74, 6) is -4.15. The molecule has 12 heteroatoms. The van der Waals surface area contributed by atoms with Crippen molar-refractivity contribution in [3.63, 3.8) is 0 Å². The van der Waals surface area contributed by atoms with Crippen molar-refractivity contribution in [2.75, 3.05) is 10.9 Å². The second-order valence-electron chi connectivity index (χ2n) is 9.19. The Morgan fingerprint density at radius 2 is 1.21 bits per heavy atom. The predicted molar refractivity (Wildman–Crippen MR) is 133 cm³/mol. The molecule has 1 atom stereocenters. The number of hydrogen-bond acceptors (Lipinski definition) is 8. The highest BCUT2D eigenvalue weighted by Crippen LogP contribution is 2.30. The van der Waals surface area contributed by atoms with Gasteiger partial charge in [0.25, 0.3) is 0 Å². The lowest BCUT2D eigenvalue weighted by atomic mass is 9.89. The maximum Gasteiger partial charge on any atom is 0.335 e. The summed E-state index contributed by atoms with van der Waals surface area (Å²) in [7, 11) is 0. The number of rotatable bonds is 10. The van der Waals surface area contributed by atoms with Crippen LogP contribution in [0.1, 0.15) is 76.8 Å². The van der Waals surface area contributed by atoms with Gasteiger partial charge in [-0.25, -0.2) is 9.59 Å². The lowest BCUT2D eigenvalue weighted by molar-refractivity contribution is -0.138. The number of nitrogens with one attached hydrogen (secondary N) is 2. The molecule has 1 unspecified atom stereocenters. The van der Waals surface area contributed by atoms with Crippen LogP contribution in [0.3, 0.4) is 0 Å². The summed E-state index contributed by atoms with van der Waals surface area (Å²) in [6.07, 6.45) is 1.01. The number of carboxylic acid groups (broad SMARTS) is 2. The summed E-state index contributed by atoms with van der Waals surface area (Å²) in [5, 5.41) is 21.2. The average molecular weight is 523 g/mol. The number of aromatic carboxylic acids is 2. The van der Waals surface area contributed by atoms with E-state index in [-0.39, 0.29) is 72.8 Å². The van der Waals surface area contributed by atoms with Crippen LogP contribution in [0.15, 0.2) is 36.4 Å². The van der Waals surface area contributed by atoms with Gasteiger partial charge in [-0.05, 0) is 66.3 Å². The second kappa shape index (κ2) is 10.7. The lowest BCUT2D eigenvalue weighted by Crippen LogP contribution is -2.34. The van der Waals surface area contributed by atoms with Crippen LogP contribution < -0.4 is 10.9 Å². The third-order valence-corrected chi connectivity index (χ3v) is 6.58. The maximum absolute atomic E-state index is 12.0. The topological polar surface area (TPSA) is 173 Å². The number of hydrazine groups is 2. The highest BCUT2D eigenvalue weighted by molar-refractivity contribution is 6.03. The van der Waals surface area contributed by atoms with Crippen LogP contribution >= 0.6 is 0 Å². The Labute approximate surface area is 217 Å². The average Bonchev–Trinajstić information content (AvgIpc) is 3.37. The molecule has 0 spiro atoms. The number of benzene rings is 2. The van der Waals surface area contributed by atoms with Gasteiger partial charge >= 0.3 is 11.9 Å². The van der Waals surface area contributed by atoms with Crippen LogP contribution in [0.5, 0.6) is 0 Å². The number of nitrogens with zero attached hydrogens (tertiary/aromatic N) is 2. The van der Waals surface area contributed by atoms with Crippen LogP contribution in [0.4, 0.5) is 11.4 Å². The molecule has 198 valence electrons. The number of hydrogen-bond donors (Lipinski definition) is 4. The summed E-state index contributed by atoms with van der Waals surface area (Å²) in [5.41, 5.74) is 7.20. The number of imide groups is 2. The first-order valence-corrected chi connectivity index (χ1v) is 12.0. The van der Waals surface area contributed by atoms with Crippen LogP contribution in [-0.4, -0.2) is 55.8 Å². The van der Waals surface area contributed by atoms with Crippen molar-refractivity contribution in [2.24, 2.45) is 0 Å². The molecule has 38 heavy (non-hydrogen) atoms. The number of carbonyl (C=O) groups is 6. The predicted octanol–water partition coefficient (Wildman–Crippen LogP) is 2.77. The summed E-state index contributed by atoms with van der Waals surface area (Å²) in [6, 6.07) is 8.82. The summed E-state index contributed by atoms with van der Waals surface area (Å²) >= 11 is 0. The van der Waals surface area contributed by atoms with Gasteiger partial charge in [-0.15, -0.1) is 0 Å². The molecular weight excluding hydrogens is 496 g/mol. The fourth-order valence-corrected chi connectivity index (χ4v) is 4.50. The molecule has 0 saturated carbocycles. The normalized spacial score (nSPS) is 16.2. The van der Waals surface area contributed by atoms with Gasteiger partial charge in [0.15, 0.2) is 0 Å². The summed E-state index contributed by atoms with van der Waals surface area (Å²) < 4.78 is 0. The quantitative estimate of drug-likeness (QED) is 0.340. The molecule has 2 heterocycles. The smallest absolute Gasteiger partial charge is 0.335 e. The molecule has 4 amide bonds. The van der Waals surface area contributed by atoms with Crippen LogP contribution in [0.25, 0.3) is 0 Å². The minimum atomic E-state index is -1.15. The molecule has 12 nitrogen and oxygen atoms in total. The number of aryl methyl sites for hydroxylation is 1. The first-order chi connectivity index (χ1) is 18.0. The van der Waals surface area contributed by atoms with Crippen molar-refractivity contribution in [3.8, 4) is 0 Å². The van der Waals surface area contributed by atoms with Gasteiger partial charge in [-0.1, -0.05) is 6.92 Å². The third kappa shape index (κ3) is 5.48. The van der Waals surface area contributed by atoms with Crippen LogP contribution in [-0.2, 0) is 25.6 Å². The fraction of sp³-hybridized carbons (Fsp3) is 0.308. The number of anilines is 2. The Kier molecular flexibility index (Phi) is 7.42. The minimum absolute atomic E-state index is 0.0433. The molecule has 2 saturated heterocycles. The highest BCUT2D eigenvalue weighted by atomic mass is 16.4. The van der Waals surface area contributed by atoms with E-state index in [4.69, 9.17) is 0 Å². The fourth-order valence-electron chi connectivity index (χ4n) is 4.50. The second-order valence-corrected chi connectivity index (χ2v) is 9.19. The molecule has 4 N–H and O–H groups in total. The first-order valence-electron chi connectivity index (χ1n) is 12.0. The third-order valence-electron chi connectivity index (χ3n) is 6.58. The Hall–Kier alpha value is -4.74. The number of carboxylic acids is 2. The van der Waals surface area contributed by atoms with Gasteiger partial charge in [-0.2, -0.15) is 10.0 Å². The maximum atomic E-state index is 12.0. The van der Waals surface area contributed by atoms with Crippen molar-refractivity contribution < 1.29 is 39.0 Å². The highest BCUT2D eigenvalue weighted by Gasteiger charge is 2.30. The molecule has 4 rings (SSSR count). The van der Waals surface area contributed by atoms with Gasteiger partial charge < -0.3 is 10.2 Å². The van der Waals surface area contributed by atoms with Crippen molar-refractivity contribution >= 4 is 46.9 Å². The zero-order valence-corrected chi connectivity index (χ0v) is 20.5. The summed E-state index contributed by atoms with van der Waals surface area (Å²) in [4.78, 5) is 71.5. The molecule has 2 aliphatic heterocycles. The molecule has 0 aliphatic carbocycles. The van der Waals surface area contributed by atoms with E-state index in [1.54, 1.807) is 19.1 Å². The van der Waals surface area contributed by atoms with Crippen LogP contribution in [0.2, 0.25) is 0 Å². The molecular formula is C26H26N4O8. The molecule has 2 fully saturated rings. The minimum Gasteiger partial charge on any atom is -0.478 e. The van der Waals surface area contributed by atoms with Crippen molar-refractivity contribution in [1.29, 1.82) is 0 Å². The molecule has 2 aromatic carbocycles. The largest absolute Gasteiger partial charge is 0.478 e. The van der Waals surface area contributed by atoms with E-state index in [9.17, 15) is 39.0 Å². The van der Waals surface area contributed by atoms with E-state index in [2.05, 4.69) is 10.9 Å². The van der Waals surface area contributed by atoms with Crippen molar-refractivity contribution in [2.45, 2.75) is 51.4 Å². The number of carbonyl (C=O) groups excluding carboxylic acids is 4. The van der Waals surface area contributed by atoms with Crippen molar-refractivity contribution in [3.05, 3.63) is 58.7 Å². The zero-order chi connectivity index (χ0) is 27.6. The van der Waals surface area contributed by atoms with Crippen molar-refractivity contribution in [1.82, 2.24) is 10.0 Å². The first kappa shape index (κ1) is 26.3. The van der Waals surface area contributed by atoms with Gasteiger partial charge in [-0.3, -0.25) is 30.0 Å². The molecule has 2 aromatic rings. The Balaban J connectivity index is 1.55. The van der Waals surface area contributed by atoms with E-state index < -0.39 is 11.9 Å². The zero-order valence-electron chi connectivity index (χ0n) is 20.5. The Morgan fingerprint density at radius 3 is 1.68 bits per heavy atom. The molecule has 0 aromatic heterocycles. The van der Waals surface area contributed by atoms with Gasteiger partial charge in [0.2, 0.25) is 23.6 Å². The van der Waals surface area contributed by atoms with Gasteiger partial charge in [0, 0.05) is 25.7 Å². The van der Waals surface area contributed by atoms with Gasteiger partial charge in [0.05, 0.1) is 22.5 Å². The molecule has 0 radical (unpaired) electrons. The SMILES string of the molecule is CC(CCc1cc(NN2C(=O)CCC2=O)ccc1C(=O)O)c1cc(NN2C(=O)CCC2=O)ccc1C(=O)O. The molecule has 0 bridgehead atoms. The van der Waals surface area contributed by atoms with E-state index in [1.807, 2.05) is 0 Å². The van der Waals surface area contributed by atoms with E-state index >= 15 is 0 Å². The van der Waals surface area contributed by atoms with E-state index in [1.165, 1.54) is 24.3 Å². The monoisotopic (exact) mass is 522 g/mol. The van der Waals surface area contributed by atoms with Crippen LogP contribution in [0, 0.1) is 0 Å². The van der Waals surface area contributed by atoms with E-state index in [0.717, 1.165) is 10.0 Å². The lowest BCUT2D eigenvalue weighted by Gasteiger charge is -2.21. The van der Waals surface area contributed by atoms with E-state index in [0.29, 0.717) is 28.9 Å². The standard InChI is InChI=1S/C26H26N4O8/c1-14(20-13-17(5-7-19(20)26(37)38)28-30-23(33)10-11-24(30)34)2-3-15-12-16(4-6-18(15)25(35)36)27-29-21(31)8-9-22(29)32/h4-7,12-14,27-28H,2-3,8-11H2,1H3,(H,35,36)(H,37,38). The number of amides is 4.